The lowest BCUT2D eigenvalue weighted by molar-refractivity contribution is 0.209. The lowest BCUT2D eigenvalue weighted by Gasteiger charge is -2.06. The van der Waals surface area contributed by atoms with E-state index in [4.69, 9.17) is 10.4 Å². The van der Waals surface area contributed by atoms with E-state index in [9.17, 15) is 4.79 Å². The smallest absolute Gasteiger partial charge is 0.410 e. The van der Waals surface area contributed by atoms with Gasteiger partial charge in [-0.1, -0.05) is 13.0 Å². The van der Waals surface area contributed by atoms with Crippen molar-refractivity contribution in [2.75, 3.05) is 5.32 Å². The van der Waals surface area contributed by atoms with Crippen LogP contribution < -0.4 is 5.32 Å². The van der Waals surface area contributed by atoms with E-state index in [-0.39, 0.29) is 0 Å². The van der Waals surface area contributed by atoms with E-state index < -0.39 is 6.09 Å². The summed E-state index contributed by atoms with van der Waals surface area (Å²) in [4.78, 5) is 10.8. The molecule has 0 aliphatic rings. The van der Waals surface area contributed by atoms with Gasteiger partial charge in [0, 0.05) is 6.07 Å². The van der Waals surface area contributed by atoms with E-state index in [0.29, 0.717) is 23.5 Å². The molecule has 0 bridgehead atoms. The van der Waals surface area contributed by atoms with Crippen molar-refractivity contribution in [3.8, 4) is 11.8 Å². The average molecular weight is 256 g/mol. The van der Waals surface area contributed by atoms with Gasteiger partial charge in [-0.2, -0.15) is 10.4 Å². The number of hydrogen-bond donors (Lipinski definition) is 2. The fourth-order valence-corrected chi connectivity index (χ4v) is 1.71. The van der Waals surface area contributed by atoms with Gasteiger partial charge in [-0.05, 0) is 24.6 Å². The van der Waals surface area contributed by atoms with E-state index in [1.807, 2.05) is 13.0 Å². The van der Waals surface area contributed by atoms with E-state index in [0.717, 1.165) is 5.69 Å². The molecule has 1 aromatic heterocycles. The first kappa shape index (κ1) is 12.6. The molecule has 6 nitrogen and oxygen atoms in total. The van der Waals surface area contributed by atoms with Crippen molar-refractivity contribution in [2.45, 2.75) is 13.3 Å². The van der Waals surface area contributed by atoms with Gasteiger partial charge in [0.15, 0.2) is 0 Å². The zero-order valence-corrected chi connectivity index (χ0v) is 10.3. The Bertz CT molecular complexity index is 655. The number of amides is 1. The molecular formula is C13H12N4O2. The Balaban J connectivity index is 2.50. The third kappa shape index (κ3) is 2.72. The summed E-state index contributed by atoms with van der Waals surface area (Å²) in [5, 5.41) is 24.3. The normalized spacial score (nSPS) is 9.89. The Kier molecular flexibility index (Phi) is 3.48. The molecule has 1 amide bonds. The van der Waals surface area contributed by atoms with Crippen LogP contribution in [0.25, 0.3) is 5.69 Å². The van der Waals surface area contributed by atoms with Crippen molar-refractivity contribution in [1.82, 2.24) is 9.78 Å². The van der Waals surface area contributed by atoms with Crippen LogP contribution in [0.2, 0.25) is 0 Å². The summed E-state index contributed by atoms with van der Waals surface area (Å²) in [6, 6.07) is 10.5. The maximum absolute atomic E-state index is 10.8. The van der Waals surface area contributed by atoms with E-state index in [2.05, 4.69) is 10.4 Å². The third-order valence-electron chi connectivity index (χ3n) is 2.58. The van der Waals surface area contributed by atoms with Gasteiger partial charge in [0.1, 0.15) is 5.82 Å². The summed E-state index contributed by atoms with van der Waals surface area (Å²) in [5.74, 6) is 0.361. The number of carbonyl (C=O) groups is 1. The highest BCUT2D eigenvalue weighted by Gasteiger charge is 2.11. The van der Waals surface area contributed by atoms with Crippen molar-refractivity contribution < 1.29 is 9.90 Å². The number of carboxylic acid groups (broad SMARTS) is 1. The minimum atomic E-state index is -1.15. The number of anilines is 1. The molecule has 0 saturated carbocycles. The van der Waals surface area contributed by atoms with Gasteiger partial charge >= 0.3 is 6.09 Å². The van der Waals surface area contributed by atoms with Gasteiger partial charge in [0.25, 0.3) is 0 Å². The summed E-state index contributed by atoms with van der Waals surface area (Å²) in [5.41, 5.74) is 1.90. The molecule has 0 aliphatic heterocycles. The maximum Gasteiger partial charge on any atom is 0.410 e. The van der Waals surface area contributed by atoms with Crippen LogP contribution in [-0.4, -0.2) is 21.0 Å². The molecule has 6 heteroatoms. The SMILES string of the molecule is CCc1cc(NC(=O)O)n(-c2cccc(C#N)c2)n1. The van der Waals surface area contributed by atoms with Crippen LogP contribution in [0, 0.1) is 11.3 Å². The second-order valence-corrected chi connectivity index (χ2v) is 3.88. The summed E-state index contributed by atoms with van der Waals surface area (Å²) in [6.07, 6.45) is -0.459. The van der Waals surface area contributed by atoms with Crippen molar-refractivity contribution in [2.24, 2.45) is 0 Å². The molecule has 1 heterocycles. The first-order chi connectivity index (χ1) is 9.13. The van der Waals surface area contributed by atoms with Crippen molar-refractivity contribution in [3.05, 3.63) is 41.6 Å². The van der Waals surface area contributed by atoms with Gasteiger partial charge in [-0.25, -0.2) is 9.48 Å². The zero-order valence-electron chi connectivity index (χ0n) is 10.3. The maximum atomic E-state index is 10.8. The van der Waals surface area contributed by atoms with Crippen molar-refractivity contribution in [3.63, 3.8) is 0 Å². The van der Waals surface area contributed by atoms with Crippen LogP contribution in [0.1, 0.15) is 18.2 Å². The predicted octanol–water partition coefficient (Wildman–Crippen LogP) is 2.40. The van der Waals surface area contributed by atoms with Crippen LogP contribution in [0.3, 0.4) is 0 Å². The monoisotopic (exact) mass is 256 g/mol. The molecule has 0 radical (unpaired) electrons. The third-order valence-corrected chi connectivity index (χ3v) is 2.58. The number of benzene rings is 1. The molecule has 0 aliphatic carbocycles. The Morgan fingerprint density at radius 3 is 2.95 bits per heavy atom. The van der Waals surface area contributed by atoms with Gasteiger partial charge in [0.05, 0.1) is 23.0 Å². The highest BCUT2D eigenvalue weighted by Crippen LogP contribution is 2.18. The van der Waals surface area contributed by atoms with Crippen molar-refractivity contribution in [1.29, 1.82) is 5.26 Å². The van der Waals surface area contributed by atoms with Gasteiger partial charge in [0.2, 0.25) is 0 Å². The Morgan fingerprint density at radius 1 is 1.53 bits per heavy atom. The molecule has 0 unspecified atom stereocenters. The highest BCUT2D eigenvalue weighted by atomic mass is 16.4. The molecule has 96 valence electrons. The fraction of sp³-hybridized carbons (Fsp3) is 0.154. The number of nitriles is 1. The second kappa shape index (κ2) is 5.23. The molecule has 0 saturated heterocycles. The zero-order chi connectivity index (χ0) is 13.8. The van der Waals surface area contributed by atoms with Crippen LogP contribution >= 0.6 is 0 Å². The van der Waals surface area contributed by atoms with Crippen LogP contribution in [-0.2, 0) is 6.42 Å². The Hall–Kier alpha value is -2.81. The van der Waals surface area contributed by atoms with Crippen LogP contribution in [0.4, 0.5) is 10.6 Å². The molecule has 19 heavy (non-hydrogen) atoms. The van der Waals surface area contributed by atoms with Gasteiger partial charge in [-0.3, -0.25) is 5.32 Å². The minimum absolute atomic E-state index is 0.361. The van der Waals surface area contributed by atoms with E-state index in [1.54, 1.807) is 30.3 Å². The average Bonchev–Trinajstić information content (AvgIpc) is 2.81. The lowest BCUT2D eigenvalue weighted by Crippen LogP contribution is -2.12. The predicted molar refractivity (Wildman–Crippen MR) is 69.3 cm³/mol. The first-order valence-corrected chi connectivity index (χ1v) is 5.73. The van der Waals surface area contributed by atoms with Crippen molar-refractivity contribution >= 4 is 11.9 Å². The Morgan fingerprint density at radius 2 is 2.32 bits per heavy atom. The second-order valence-electron chi connectivity index (χ2n) is 3.88. The van der Waals surface area contributed by atoms with E-state index >= 15 is 0 Å². The molecule has 0 atom stereocenters. The number of hydrogen-bond acceptors (Lipinski definition) is 3. The number of nitrogens with zero attached hydrogens (tertiary/aromatic N) is 3. The molecule has 2 aromatic rings. The van der Waals surface area contributed by atoms with E-state index in [1.165, 1.54) is 4.68 Å². The molecule has 1 aromatic carbocycles. The molecular weight excluding hydrogens is 244 g/mol. The first-order valence-electron chi connectivity index (χ1n) is 5.73. The number of rotatable bonds is 3. The number of nitrogens with one attached hydrogen (secondary N) is 1. The summed E-state index contributed by atoms with van der Waals surface area (Å²) in [6.45, 7) is 1.93. The standard InChI is InChI=1S/C13H12N4O2/c1-2-10-7-12(15-13(18)19)17(16-10)11-5-3-4-9(6-11)8-14/h3-7,15H,2H2,1H3,(H,18,19). The minimum Gasteiger partial charge on any atom is -0.465 e. The Labute approximate surface area is 109 Å². The molecule has 2 rings (SSSR count). The number of aryl methyl sites for hydroxylation is 1. The summed E-state index contributed by atoms with van der Waals surface area (Å²) >= 11 is 0. The number of aromatic nitrogens is 2. The quantitative estimate of drug-likeness (QED) is 0.882. The van der Waals surface area contributed by atoms with Gasteiger partial charge in [-0.15, -0.1) is 0 Å². The van der Waals surface area contributed by atoms with Crippen LogP contribution in [0.15, 0.2) is 30.3 Å². The fourth-order valence-electron chi connectivity index (χ4n) is 1.71. The molecule has 0 spiro atoms. The largest absolute Gasteiger partial charge is 0.465 e. The van der Waals surface area contributed by atoms with Gasteiger partial charge < -0.3 is 5.11 Å². The highest BCUT2D eigenvalue weighted by molar-refractivity contribution is 5.82. The molecule has 0 fully saturated rings. The topological polar surface area (TPSA) is 90.9 Å². The summed E-state index contributed by atoms with van der Waals surface area (Å²) < 4.78 is 1.48. The lowest BCUT2D eigenvalue weighted by atomic mass is 10.2. The van der Waals surface area contributed by atoms with Crippen LogP contribution in [0.5, 0.6) is 0 Å². The summed E-state index contributed by atoms with van der Waals surface area (Å²) in [7, 11) is 0. The molecule has 2 N–H and O–H groups in total.